The van der Waals surface area contributed by atoms with Crippen LogP contribution in [0.4, 0.5) is 0 Å². The summed E-state index contributed by atoms with van der Waals surface area (Å²) in [5.74, 6) is 1.30. The van der Waals surface area contributed by atoms with Crippen LogP contribution in [0.3, 0.4) is 0 Å². The lowest BCUT2D eigenvalue weighted by molar-refractivity contribution is 0.116. The Hall–Kier alpha value is -2.47. The topological polar surface area (TPSA) is 60.0 Å². The SMILES string of the molecule is c1ccc(-c2nnc(CN3CCCCC3CCn3cccn3)o2)cc1. The van der Waals surface area contributed by atoms with E-state index in [1.807, 2.05) is 53.5 Å². The number of aryl methyl sites for hydroxylation is 1. The average Bonchev–Trinajstić information content (AvgIpc) is 3.34. The van der Waals surface area contributed by atoms with Gasteiger partial charge in [-0.1, -0.05) is 24.6 Å². The van der Waals surface area contributed by atoms with Crippen molar-refractivity contribution in [1.29, 1.82) is 0 Å². The first-order chi connectivity index (χ1) is 12.4. The Morgan fingerprint density at radius 3 is 2.84 bits per heavy atom. The fourth-order valence-corrected chi connectivity index (χ4v) is 3.50. The third-order valence-corrected chi connectivity index (χ3v) is 4.83. The van der Waals surface area contributed by atoms with Crippen LogP contribution in [0, 0.1) is 0 Å². The van der Waals surface area contributed by atoms with Gasteiger partial charge in [0.2, 0.25) is 11.8 Å². The minimum Gasteiger partial charge on any atom is -0.419 e. The molecule has 1 aliphatic rings. The molecule has 1 aromatic carbocycles. The van der Waals surface area contributed by atoms with E-state index in [0.29, 0.717) is 17.8 Å². The summed E-state index contributed by atoms with van der Waals surface area (Å²) in [6, 6.07) is 12.5. The van der Waals surface area contributed by atoms with E-state index in [0.717, 1.165) is 31.6 Å². The molecule has 1 fully saturated rings. The summed E-state index contributed by atoms with van der Waals surface area (Å²) in [6.45, 7) is 2.77. The number of hydrogen-bond donors (Lipinski definition) is 0. The molecule has 3 heterocycles. The van der Waals surface area contributed by atoms with E-state index in [1.165, 1.54) is 19.3 Å². The van der Waals surface area contributed by atoms with Crippen LogP contribution >= 0.6 is 0 Å². The maximum absolute atomic E-state index is 5.89. The lowest BCUT2D eigenvalue weighted by Gasteiger charge is -2.34. The van der Waals surface area contributed by atoms with E-state index >= 15 is 0 Å². The monoisotopic (exact) mass is 337 g/mol. The molecule has 2 aromatic heterocycles. The molecule has 1 atom stereocenters. The zero-order valence-corrected chi connectivity index (χ0v) is 14.3. The van der Waals surface area contributed by atoms with Gasteiger partial charge < -0.3 is 4.42 Å². The molecule has 1 aliphatic heterocycles. The molecule has 4 rings (SSSR count). The zero-order valence-electron chi connectivity index (χ0n) is 14.3. The van der Waals surface area contributed by atoms with Crippen LogP contribution in [0.5, 0.6) is 0 Å². The summed E-state index contributed by atoms with van der Waals surface area (Å²) in [5, 5.41) is 12.8. The summed E-state index contributed by atoms with van der Waals surface area (Å²) in [7, 11) is 0. The highest BCUT2D eigenvalue weighted by molar-refractivity contribution is 5.51. The second kappa shape index (κ2) is 7.61. The second-order valence-corrected chi connectivity index (χ2v) is 6.54. The van der Waals surface area contributed by atoms with Gasteiger partial charge in [0, 0.05) is 30.5 Å². The Balaban J connectivity index is 1.40. The van der Waals surface area contributed by atoms with Gasteiger partial charge in [0.05, 0.1) is 6.54 Å². The maximum atomic E-state index is 5.89. The molecule has 25 heavy (non-hydrogen) atoms. The number of rotatable bonds is 6. The van der Waals surface area contributed by atoms with Crippen LogP contribution in [-0.2, 0) is 13.1 Å². The molecule has 0 bridgehead atoms. The minimum absolute atomic E-state index is 0.546. The van der Waals surface area contributed by atoms with Crippen molar-refractivity contribution in [3.63, 3.8) is 0 Å². The molecule has 1 unspecified atom stereocenters. The first-order valence-corrected chi connectivity index (χ1v) is 8.98. The van der Waals surface area contributed by atoms with Gasteiger partial charge in [-0.15, -0.1) is 10.2 Å². The Morgan fingerprint density at radius 1 is 1.08 bits per heavy atom. The van der Waals surface area contributed by atoms with E-state index in [4.69, 9.17) is 4.42 Å². The molecule has 130 valence electrons. The number of nitrogens with zero attached hydrogens (tertiary/aromatic N) is 5. The van der Waals surface area contributed by atoms with E-state index in [9.17, 15) is 0 Å². The van der Waals surface area contributed by atoms with Crippen molar-refractivity contribution >= 4 is 0 Å². The molecule has 0 amide bonds. The van der Waals surface area contributed by atoms with Gasteiger partial charge in [-0.2, -0.15) is 5.10 Å². The molecule has 1 saturated heterocycles. The van der Waals surface area contributed by atoms with Gasteiger partial charge in [0.1, 0.15) is 0 Å². The summed E-state index contributed by atoms with van der Waals surface area (Å²) in [4.78, 5) is 2.48. The summed E-state index contributed by atoms with van der Waals surface area (Å²) >= 11 is 0. The van der Waals surface area contributed by atoms with Gasteiger partial charge in [-0.05, 0) is 44.0 Å². The molecular formula is C19H23N5O. The van der Waals surface area contributed by atoms with E-state index in [2.05, 4.69) is 20.2 Å². The van der Waals surface area contributed by atoms with Gasteiger partial charge in [-0.25, -0.2) is 0 Å². The predicted octanol–water partition coefficient (Wildman–Crippen LogP) is 3.38. The van der Waals surface area contributed by atoms with Crippen molar-refractivity contribution in [2.24, 2.45) is 0 Å². The normalized spacial score (nSPS) is 18.5. The smallest absolute Gasteiger partial charge is 0.247 e. The Bertz CT molecular complexity index is 768. The van der Waals surface area contributed by atoms with Crippen LogP contribution in [0.1, 0.15) is 31.6 Å². The number of aromatic nitrogens is 4. The maximum Gasteiger partial charge on any atom is 0.247 e. The highest BCUT2D eigenvalue weighted by atomic mass is 16.4. The van der Waals surface area contributed by atoms with Gasteiger partial charge in [-0.3, -0.25) is 9.58 Å². The van der Waals surface area contributed by atoms with Gasteiger partial charge in [0.15, 0.2) is 0 Å². The molecule has 0 saturated carbocycles. The molecule has 6 heteroatoms. The van der Waals surface area contributed by atoms with Crippen LogP contribution in [0.15, 0.2) is 53.2 Å². The van der Waals surface area contributed by atoms with Crippen molar-refractivity contribution in [3.8, 4) is 11.5 Å². The molecule has 0 aliphatic carbocycles. The number of piperidine rings is 1. The van der Waals surface area contributed by atoms with Crippen molar-refractivity contribution in [2.75, 3.05) is 6.54 Å². The third-order valence-electron chi connectivity index (χ3n) is 4.83. The van der Waals surface area contributed by atoms with Crippen LogP contribution < -0.4 is 0 Å². The molecule has 3 aromatic rings. The van der Waals surface area contributed by atoms with Crippen molar-refractivity contribution < 1.29 is 4.42 Å². The quantitative estimate of drug-likeness (QED) is 0.690. The number of hydrogen-bond acceptors (Lipinski definition) is 5. The largest absolute Gasteiger partial charge is 0.419 e. The standard InChI is InChI=1S/C19H23N5O/c1-2-7-16(8-3-1)19-22-21-18(25-19)15-23-12-5-4-9-17(23)10-14-24-13-6-11-20-24/h1-3,6-8,11,13,17H,4-5,9-10,12,14-15H2. The average molecular weight is 337 g/mol. The Kier molecular flexibility index (Phi) is 4.88. The molecule has 0 N–H and O–H groups in total. The first kappa shape index (κ1) is 16.0. The van der Waals surface area contributed by atoms with Gasteiger partial charge in [0.25, 0.3) is 0 Å². The number of likely N-dealkylation sites (tertiary alicyclic amines) is 1. The molecule has 0 radical (unpaired) electrons. The summed E-state index contributed by atoms with van der Waals surface area (Å²) in [6.07, 6.45) is 8.71. The van der Waals surface area contributed by atoms with Crippen LogP contribution in [0.25, 0.3) is 11.5 Å². The fourth-order valence-electron chi connectivity index (χ4n) is 3.50. The molecular weight excluding hydrogens is 314 g/mol. The van der Waals surface area contributed by atoms with E-state index < -0.39 is 0 Å². The fraction of sp³-hybridized carbons (Fsp3) is 0.421. The highest BCUT2D eigenvalue weighted by Gasteiger charge is 2.24. The van der Waals surface area contributed by atoms with Crippen LogP contribution in [0.2, 0.25) is 0 Å². The predicted molar refractivity (Wildman–Crippen MR) is 94.6 cm³/mol. The zero-order chi connectivity index (χ0) is 16.9. The Labute approximate surface area is 147 Å². The lowest BCUT2D eigenvalue weighted by Crippen LogP contribution is -2.39. The lowest BCUT2D eigenvalue weighted by atomic mass is 9.99. The van der Waals surface area contributed by atoms with E-state index in [-0.39, 0.29) is 0 Å². The highest BCUT2D eigenvalue weighted by Crippen LogP contribution is 2.23. The van der Waals surface area contributed by atoms with Gasteiger partial charge >= 0.3 is 0 Å². The Morgan fingerprint density at radius 2 is 2.00 bits per heavy atom. The van der Waals surface area contributed by atoms with Crippen molar-refractivity contribution in [1.82, 2.24) is 24.9 Å². The second-order valence-electron chi connectivity index (χ2n) is 6.54. The minimum atomic E-state index is 0.546. The van der Waals surface area contributed by atoms with E-state index in [1.54, 1.807) is 0 Å². The summed E-state index contributed by atoms with van der Waals surface area (Å²) in [5.41, 5.74) is 0.968. The first-order valence-electron chi connectivity index (χ1n) is 8.98. The summed E-state index contributed by atoms with van der Waals surface area (Å²) < 4.78 is 7.90. The molecule has 6 nitrogen and oxygen atoms in total. The molecule has 0 spiro atoms. The van der Waals surface area contributed by atoms with Crippen molar-refractivity contribution in [2.45, 2.75) is 44.8 Å². The van der Waals surface area contributed by atoms with Crippen LogP contribution in [-0.4, -0.2) is 37.5 Å². The third kappa shape index (κ3) is 3.96. The van der Waals surface area contributed by atoms with Crippen molar-refractivity contribution in [3.05, 3.63) is 54.7 Å². The number of benzene rings is 1.